The maximum absolute atomic E-state index is 12.0. The van der Waals surface area contributed by atoms with E-state index in [2.05, 4.69) is 38.0 Å². The molecule has 22 heavy (non-hydrogen) atoms. The Balaban J connectivity index is 1.58. The van der Waals surface area contributed by atoms with Gasteiger partial charge >= 0.3 is 6.03 Å². The van der Waals surface area contributed by atoms with Crippen molar-refractivity contribution in [3.05, 3.63) is 46.9 Å². The van der Waals surface area contributed by atoms with Crippen molar-refractivity contribution in [3.63, 3.8) is 0 Å². The topological polar surface area (TPSA) is 57.3 Å². The van der Waals surface area contributed by atoms with Crippen LogP contribution in [0.3, 0.4) is 0 Å². The predicted octanol–water partition coefficient (Wildman–Crippen LogP) is 3.10. The van der Waals surface area contributed by atoms with E-state index in [0.717, 1.165) is 13.1 Å². The maximum atomic E-state index is 12.0. The summed E-state index contributed by atoms with van der Waals surface area (Å²) in [6.07, 6.45) is 5.80. The number of anilines is 1. The van der Waals surface area contributed by atoms with Gasteiger partial charge in [0.15, 0.2) is 0 Å². The molecule has 0 spiro atoms. The third-order valence-corrected chi connectivity index (χ3v) is 4.80. The van der Waals surface area contributed by atoms with Gasteiger partial charge in [-0.25, -0.2) is 4.79 Å². The number of nitrogens with zero attached hydrogens (tertiary/aromatic N) is 2. The number of likely N-dealkylation sites (tertiary alicyclic amines) is 1. The minimum absolute atomic E-state index is 0.186. The van der Waals surface area contributed by atoms with Gasteiger partial charge in [-0.05, 0) is 49.5 Å². The number of hydrogen-bond acceptors (Lipinski definition) is 4. The molecule has 116 valence electrons. The molecule has 0 saturated carbocycles. The third kappa shape index (κ3) is 3.84. The van der Waals surface area contributed by atoms with Gasteiger partial charge in [0.2, 0.25) is 0 Å². The molecule has 0 radical (unpaired) electrons. The van der Waals surface area contributed by atoms with E-state index >= 15 is 0 Å². The van der Waals surface area contributed by atoms with Crippen molar-refractivity contribution in [1.29, 1.82) is 0 Å². The summed E-state index contributed by atoms with van der Waals surface area (Å²) >= 11 is 1.75. The molecule has 1 aliphatic heterocycles. The van der Waals surface area contributed by atoms with Crippen LogP contribution in [0, 0.1) is 0 Å². The van der Waals surface area contributed by atoms with Gasteiger partial charge in [0.1, 0.15) is 0 Å². The van der Waals surface area contributed by atoms with Crippen LogP contribution < -0.4 is 10.6 Å². The lowest BCUT2D eigenvalue weighted by Crippen LogP contribution is -2.38. The number of hydrogen-bond donors (Lipinski definition) is 2. The lowest BCUT2D eigenvalue weighted by Gasteiger charge is -2.26. The quantitative estimate of drug-likeness (QED) is 0.891. The Bertz CT molecular complexity index is 581. The molecule has 2 aromatic rings. The number of pyridine rings is 1. The number of urea groups is 1. The number of rotatable bonds is 5. The van der Waals surface area contributed by atoms with Crippen LogP contribution in [0.1, 0.15) is 23.8 Å². The van der Waals surface area contributed by atoms with Crippen LogP contribution in [0.15, 0.2) is 42.0 Å². The second-order valence-electron chi connectivity index (χ2n) is 5.35. The summed E-state index contributed by atoms with van der Waals surface area (Å²) in [5.74, 6) is 0. The Morgan fingerprint density at radius 3 is 2.86 bits per heavy atom. The van der Waals surface area contributed by atoms with Crippen molar-refractivity contribution < 1.29 is 4.79 Å². The van der Waals surface area contributed by atoms with Crippen LogP contribution in [-0.4, -0.2) is 35.5 Å². The molecule has 1 aliphatic rings. The van der Waals surface area contributed by atoms with Gasteiger partial charge in [-0.15, -0.1) is 11.3 Å². The molecule has 1 fully saturated rings. The van der Waals surface area contributed by atoms with Crippen molar-refractivity contribution in [3.8, 4) is 0 Å². The highest BCUT2D eigenvalue weighted by molar-refractivity contribution is 7.10. The molecule has 0 aliphatic carbocycles. The predicted molar refractivity (Wildman–Crippen MR) is 89.1 cm³/mol. The van der Waals surface area contributed by atoms with Gasteiger partial charge < -0.3 is 10.6 Å². The number of carbonyl (C=O) groups excluding carboxylic acids is 1. The second kappa shape index (κ2) is 7.38. The van der Waals surface area contributed by atoms with E-state index in [9.17, 15) is 4.79 Å². The SMILES string of the molecule is O=C(NC[C@H](c1cccs1)N1CCCC1)Nc1cccnc1. The minimum Gasteiger partial charge on any atom is -0.336 e. The highest BCUT2D eigenvalue weighted by Gasteiger charge is 2.24. The summed E-state index contributed by atoms with van der Waals surface area (Å²) in [5.41, 5.74) is 0.703. The van der Waals surface area contributed by atoms with Crippen molar-refractivity contribution in [2.75, 3.05) is 25.0 Å². The van der Waals surface area contributed by atoms with Crippen LogP contribution in [-0.2, 0) is 0 Å². The van der Waals surface area contributed by atoms with E-state index in [1.807, 2.05) is 6.07 Å². The highest BCUT2D eigenvalue weighted by Crippen LogP contribution is 2.27. The molecule has 2 amide bonds. The molecule has 0 bridgehead atoms. The minimum atomic E-state index is -0.186. The van der Waals surface area contributed by atoms with E-state index in [4.69, 9.17) is 0 Å². The number of amides is 2. The van der Waals surface area contributed by atoms with Crippen LogP contribution in [0.4, 0.5) is 10.5 Å². The maximum Gasteiger partial charge on any atom is 0.319 e. The molecule has 0 unspecified atom stereocenters. The van der Waals surface area contributed by atoms with Gasteiger partial charge in [0, 0.05) is 17.6 Å². The fourth-order valence-corrected chi connectivity index (χ4v) is 3.61. The molecule has 6 heteroatoms. The van der Waals surface area contributed by atoms with E-state index in [0.29, 0.717) is 12.2 Å². The summed E-state index contributed by atoms with van der Waals surface area (Å²) in [5, 5.41) is 7.88. The van der Waals surface area contributed by atoms with E-state index in [-0.39, 0.29) is 12.1 Å². The van der Waals surface area contributed by atoms with Crippen LogP contribution in [0.2, 0.25) is 0 Å². The van der Waals surface area contributed by atoms with Gasteiger partial charge in [0.25, 0.3) is 0 Å². The smallest absolute Gasteiger partial charge is 0.319 e. The van der Waals surface area contributed by atoms with E-state index < -0.39 is 0 Å². The monoisotopic (exact) mass is 316 g/mol. The Kier molecular flexibility index (Phi) is 5.03. The van der Waals surface area contributed by atoms with Gasteiger partial charge in [-0.3, -0.25) is 9.88 Å². The average Bonchev–Trinajstić information content (AvgIpc) is 3.22. The summed E-state index contributed by atoms with van der Waals surface area (Å²) in [4.78, 5) is 19.8. The molecular weight excluding hydrogens is 296 g/mol. The first-order chi connectivity index (χ1) is 10.8. The standard InChI is InChI=1S/C16H20N4OS/c21-16(19-13-5-3-7-17-11-13)18-12-14(15-6-4-10-22-15)20-8-1-2-9-20/h3-7,10-11,14H,1-2,8-9,12H2,(H2,18,19,21)/t14-/m1/s1. The van der Waals surface area contributed by atoms with E-state index in [1.165, 1.54) is 17.7 Å². The summed E-state index contributed by atoms with van der Waals surface area (Å²) < 4.78 is 0. The van der Waals surface area contributed by atoms with Gasteiger partial charge in [-0.2, -0.15) is 0 Å². The molecule has 2 aromatic heterocycles. The second-order valence-corrected chi connectivity index (χ2v) is 6.33. The number of thiophene rings is 1. The van der Waals surface area contributed by atoms with Crippen molar-refractivity contribution in [2.45, 2.75) is 18.9 Å². The summed E-state index contributed by atoms with van der Waals surface area (Å²) in [7, 11) is 0. The molecule has 1 saturated heterocycles. The molecule has 1 atom stereocenters. The summed E-state index contributed by atoms with van der Waals surface area (Å²) in [6, 6.07) is 7.92. The molecular formula is C16H20N4OS. The molecule has 0 aromatic carbocycles. The van der Waals surface area contributed by atoms with Crippen LogP contribution in [0.5, 0.6) is 0 Å². The number of aromatic nitrogens is 1. The third-order valence-electron chi connectivity index (χ3n) is 3.83. The molecule has 5 nitrogen and oxygen atoms in total. The fourth-order valence-electron chi connectivity index (χ4n) is 2.75. The Hall–Kier alpha value is -1.92. The molecule has 2 N–H and O–H groups in total. The molecule has 3 heterocycles. The van der Waals surface area contributed by atoms with Gasteiger partial charge in [0.05, 0.1) is 17.9 Å². The largest absolute Gasteiger partial charge is 0.336 e. The Morgan fingerprint density at radius 1 is 1.32 bits per heavy atom. The van der Waals surface area contributed by atoms with E-state index in [1.54, 1.807) is 29.8 Å². The zero-order valence-electron chi connectivity index (χ0n) is 12.4. The summed E-state index contributed by atoms with van der Waals surface area (Å²) in [6.45, 7) is 2.83. The van der Waals surface area contributed by atoms with Crippen LogP contribution >= 0.6 is 11.3 Å². The zero-order valence-corrected chi connectivity index (χ0v) is 13.2. The zero-order chi connectivity index (χ0) is 15.2. The van der Waals surface area contributed by atoms with Crippen molar-refractivity contribution in [1.82, 2.24) is 15.2 Å². The Morgan fingerprint density at radius 2 is 2.18 bits per heavy atom. The Labute approximate surface area is 134 Å². The first-order valence-electron chi connectivity index (χ1n) is 7.55. The van der Waals surface area contributed by atoms with Gasteiger partial charge in [-0.1, -0.05) is 6.07 Å². The van der Waals surface area contributed by atoms with Crippen molar-refractivity contribution in [2.24, 2.45) is 0 Å². The first-order valence-corrected chi connectivity index (χ1v) is 8.43. The first kappa shape index (κ1) is 15.0. The molecule has 3 rings (SSSR count). The number of nitrogens with one attached hydrogen (secondary N) is 2. The lowest BCUT2D eigenvalue weighted by atomic mass is 10.2. The van der Waals surface area contributed by atoms with Crippen LogP contribution in [0.25, 0.3) is 0 Å². The highest BCUT2D eigenvalue weighted by atomic mass is 32.1. The normalized spacial score (nSPS) is 16.4. The van der Waals surface area contributed by atoms with Crippen molar-refractivity contribution >= 4 is 23.1 Å². The number of carbonyl (C=O) groups is 1. The lowest BCUT2D eigenvalue weighted by molar-refractivity contribution is 0.229. The average molecular weight is 316 g/mol. The fraction of sp³-hybridized carbons (Fsp3) is 0.375.